The average molecular weight is 444 g/mol. The van der Waals surface area contributed by atoms with Crippen molar-refractivity contribution in [2.45, 2.75) is 50.4 Å². The van der Waals surface area contributed by atoms with E-state index in [1.165, 1.54) is 11.8 Å². The third kappa shape index (κ3) is 4.37. The second-order valence-electron chi connectivity index (χ2n) is 8.31. The molecule has 3 aromatic rings. The summed E-state index contributed by atoms with van der Waals surface area (Å²) in [5.74, 6) is 0.789. The highest BCUT2D eigenvalue weighted by atomic mass is 32.2. The first-order valence-corrected chi connectivity index (χ1v) is 13.0. The Hall–Kier alpha value is -2.00. The predicted octanol–water partition coefficient (Wildman–Crippen LogP) is 4.13. The van der Waals surface area contributed by atoms with Crippen LogP contribution < -0.4 is 9.46 Å². The molecular formula is C22H25N3O3S2. The van der Waals surface area contributed by atoms with Crippen LogP contribution in [-0.2, 0) is 16.6 Å². The van der Waals surface area contributed by atoms with Crippen molar-refractivity contribution in [3.8, 4) is 10.9 Å². The molecule has 0 spiro atoms. The van der Waals surface area contributed by atoms with Gasteiger partial charge in [-0.15, -0.1) is 0 Å². The van der Waals surface area contributed by atoms with Crippen molar-refractivity contribution in [2.75, 3.05) is 6.26 Å². The summed E-state index contributed by atoms with van der Waals surface area (Å²) in [4.78, 5) is 7.07. The maximum absolute atomic E-state index is 11.6. The molecule has 158 valence electrons. The number of ether oxygens (including phenoxy) is 1. The van der Waals surface area contributed by atoms with Crippen LogP contribution in [0.15, 0.2) is 48.5 Å². The molecule has 1 aromatic heterocycles. The van der Waals surface area contributed by atoms with Crippen LogP contribution in [0.25, 0.3) is 10.2 Å². The minimum absolute atomic E-state index is 0.0679. The molecule has 8 heteroatoms. The topological polar surface area (TPSA) is 71.5 Å². The zero-order chi connectivity index (χ0) is 20.7. The number of benzene rings is 2. The molecule has 0 unspecified atom stereocenters. The number of piperidine rings is 1. The van der Waals surface area contributed by atoms with Gasteiger partial charge in [0.05, 0.1) is 16.5 Å². The molecule has 0 saturated carbocycles. The first-order chi connectivity index (χ1) is 14.4. The van der Waals surface area contributed by atoms with E-state index in [9.17, 15) is 8.42 Å². The molecular weight excluding hydrogens is 418 g/mol. The Balaban J connectivity index is 1.22. The summed E-state index contributed by atoms with van der Waals surface area (Å²) in [6.07, 6.45) is 5.32. The molecule has 6 nitrogen and oxygen atoms in total. The third-order valence-electron chi connectivity index (χ3n) is 6.03. The number of thiazole rings is 1. The minimum atomic E-state index is -3.15. The number of nitrogens with zero attached hydrogens (tertiary/aromatic N) is 2. The molecule has 0 amide bonds. The molecule has 5 rings (SSSR count). The maximum Gasteiger partial charge on any atom is 0.279 e. The monoisotopic (exact) mass is 443 g/mol. The van der Waals surface area contributed by atoms with E-state index in [0.717, 1.165) is 48.2 Å². The lowest BCUT2D eigenvalue weighted by molar-refractivity contribution is 0.116. The molecule has 2 fully saturated rings. The largest absolute Gasteiger partial charge is 0.431 e. The van der Waals surface area contributed by atoms with Gasteiger partial charge in [0, 0.05) is 24.7 Å². The quantitative estimate of drug-likeness (QED) is 0.620. The zero-order valence-electron chi connectivity index (χ0n) is 16.8. The Morgan fingerprint density at radius 1 is 1.10 bits per heavy atom. The Bertz CT molecular complexity index is 1100. The van der Waals surface area contributed by atoms with Crippen LogP contribution in [0.4, 0.5) is 0 Å². The van der Waals surface area contributed by atoms with E-state index in [0.29, 0.717) is 17.3 Å². The van der Waals surface area contributed by atoms with Crippen molar-refractivity contribution in [1.82, 2.24) is 14.6 Å². The van der Waals surface area contributed by atoms with Crippen LogP contribution in [-0.4, -0.2) is 42.7 Å². The number of para-hydroxylation sites is 1. The predicted molar refractivity (Wildman–Crippen MR) is 119 cm³/mol. The number of fused-ring (bicyclic) bond motifs is 3. The first kappa shape index (κ1) is 19.9. The summed E-state index contributed by atoms with van der Waals surface area (Å²) in [6.45, 7) is 0.891. The van der Waals surface area contributed by atoms with Gasteiger partial charge in [-0.25, -0.2) is 18.1 Å². The third-order valence-corrected chi connectivity index (χ3v) is 7.71. The lowest BCUT2D eigenvalue weighted by atomic mass is 9.97. The fourth-order valence-corrected chi connectivity index (χ4v) is 6.43. The van der Waals surface area contributed by atoms with E-state index >= 15 is 0 Å². The number of hydrogen-bond acceptors (Lipinski definition) is 6. The Kier molecular flexibility index (Phi) is 5.26. The summed E-state index contributed by atoms with van der Waals surface area (Å²) in [7, 11) is -3.15. The summed E-state index contributed by atoms with van der Waals surface area (Å²) >= 11 is 1.55. The van der Waals surface area contributed by atoms with Crippen molar-refractivity contribution in [1.29, 1.82) is 0 Å². The molecule has 1 N–H and O–H groups in total. The van der Waals surface area contributed by atoms with Crippen molar-refractivity contribution >= 4 is 31.6 Å². The Morgan fingerprint density at radius 2 is 1.80 bits per heavy atom. The van der Waals surface area contributed by atoms with Gasteiger partial charge in [-0.05, 0) is 55.5 Å². The molecule has 2 aliphatic heterocycles. The van der Waals surface area contributed by atoms with Crippen molar-refractivity contribution in [3.63, 3.8) is 0 Å². The van der Waals surface area contributed by atoms with E-state index in [-0.39, 0.29) is 6.04 Å². The van der Waals surface area contributed by atoms with Gasteiger partial charge in [0.15, 0.2) is 0 Å². The van der Waals surface area contributed by atoms with Crippen molar-refractivity contribution in [3.05, 3.63) is 54.1 Å². The lowest BCUT2D eigenvalue weighted by Gasteiger charge is -2.39. The van der Waals surface area contributed by atoms with Crippen LogP contribution in [0.1, 0.15) is 31.2 Å². The Labute approximate surface area is 180 Å². The maximum atomic E-state index is 11.6. The van der Waals surface area contributed by atoms with Gasteiger partial charge in [0.1, 0.15) is 5.75 Å². The number of aromatic nitrogens is 1. The van der Waals surface area contributed by atoms with Gasteiger partial charge < -0.3 is 4.74 Å². The molecule has 3 heterocycles. The Morgan fingerprint density at radius 3 is 2.47 bits per heavy atom. The van der Waals surface area contributed by atoms with Gasteiger partial charge in [-0.3, -0.25) is 4.90 Å². The van der Waals surface area contributed by atoms with E-state index in [1.54, 1.807) is 11.3 Å². The molecule has 30 heavy (non-hydrogen) atoms. The second kappa shape index (κ2) is 7.92. The van der Waals surface area contributed by atoms with Crippen LogP contribution in [0.3, 0.4) is 0 Å². The van der Waals surface area contributed by atoms with E-state index in [2.05, 4.69) is 26.7 Å². The highest BCUT2D eigenvalue weighted by Gasteiger charge is 2.41. The fourth-order valence-electron chi connectivity index (χ4n) is 4.80. The molecule has 2 bridgehead atoms. The van der Waals surface area contributed by atoms with E-state index < -0.39 is 10.0 Å². The van der Waals surface area contributed by atoms with Gasteiger partial charge in [-0.1, -0.05) is 35.6 Å². The smallest absolute Gasteiger partial charge is 0.279 e. The highest BCUT2D eigenvalue weighted by molar-refractivity contribution is 7.88. The van der Waals surface area contributed by atoms with Gasteiger partial charge in [0.25, 0.3) is 5.19 Å². The van der Waals surface area contributed by atoms with Gasteiger partial charge >= 0.3 is 0 Å². The normalized spacial score (nSPS) is 24.4. The molecule has 2 aromatic carbocycles. The van der Waals surface area contributed by atoms with Crippen molar-refractivity contribution < 1.29 is 13.2 Å². The van der Waals surface area contributed by atoms with Gasteiger partial charge in [0.2, 0.25) is 10.0 Å². The molecule has 2 aliphatic rings. The van der Waals surface area contributed by atoms with E-state index in [1.807, 2.05) is 36.4 Å². The molecule has 0 radical (unpaired) electrons. The van der Waals surface area contributed by atoms with Crippen LogP contribution in [0.2, 0.25) is 0 Å². The minimum Gasteiger partial charge on any atom is -0.431 e. The number of hydrogen-bond donors (Lipinski definition) is 1. The lowest BCUT2D eigenvalue weighted by Crippen LogP contribution is -2.49. The second-order valence-corrected chi connectivity index (χ2v) is 11.1. The zero-order valence-corrected chi connectivity index (χ0v) is 18.5. The summed E-state index contributed by atoms with van der Waals surface area (Å²) < 4.78 is 33.0. The number of sulfonamides is 1. The number of nitrogens with one attached hydrogen (secondary N) is 1. The van der Waals surface area contributed by atoms with Crippen molar-refractivity contribution in [2.24, 2.45) is 0 Å². The van der Waals surface area contributed by atoms with Crippen LogP contribution >= 0.6 is 11.3 Å². The summed E-state index contributed by atoms with van der Waals surface area (Å²) in [5.41, 5.74) is 2.21. The fraction of sp³-hybridized carbons (Fsp3) is 0.409. The van der Waals surface area contributed by atoms with E-state index in [4.69, 9.17) is 4.74 Å². The average Bonchev–Trinajstić information content (AvgIpc) is 3.19. The SMILES string of the molecule is CS(=O)(=O)N[C@H]1C[C@H]2CC[C@@H](C1)N2Cc1ccc(Oc2nc3ccccc3s2)cc1. The molecule has 2 saturated heterocycles. The van der Waals surface area contributed by atoms with Crippen LogP contribution in [0, 0.1) is 0 Å². The molecule has 0 aliphatic carbocycles. The standard InChI is InChI=1S/C22H25N3O3S2/c1-30(26,27)24-16-12-17-8-9-18(13-16)25(17)14-15-6-10-19(11-7-15)28-22-23-20-4-2-3-5-21(20)29-22/h2-7,10-11,16-18,24H,8-9,12-14H2,1H3/t16-,17+,18-. The summed E-state index contributed by atoms with van der Waals surface area (Å²) in [6, 6.07) is 17.2. The molecule has 3 atom stereocenters. The van der Waals surface area contributed by atoms with Gasteiger partial charge in [-0.2, -0.15) is 0 Å². The van der Waals surface area contributed by atoms with Crippen LogP contribution in [0.5, 0.6) is 10.9 Å². The summed E-state index contributed by atoms with van der Waals surface area (Å²) in [5, 5.41) is 0.655. The highest BCUT2D eigenvalue weighted by Crippen LogP contribution is 2.37. The first-order valence-electron chi connectivity index (χ1n) is 10.3. The number of rotatable bonds is 6.